The molecule has 0 saturated carbocycles. The molecule has 2 rings (SSSR count). The summed E-state index contributed by atoms with van der Waals surface area (Å²) in [6.45, 7) is 2.13. The lowest BCUT2D eigenvalue weighted by molar-refractivity contribution is -0.121. The highest BCUT2D eigenvalue weighted by Gasteiger charge is 2.22. The number of nitrogens with zero attached hydrogens (tertiary/aromatic N) is 1. The Morgan fingerprint density at radius 2 is 1.84 bits per heavy atom. The summed E-state index contributed by atoms with van der Waals surface area (Å²) in [6.07, 6.45) is 1.92. The second-order valence-corrected chi connectivity index (χ2v) is 8.63. The molecule has 0 aliphatic heterocycles. The summed E-state index contributed by atoms with van der Waals surface area (Å²) in [4.78, 5) is 13.2. The maximum absolute atomic E-state index is 12.5. The maximum Gasteiger partial charge on any atom is 0.243 e. The van der Waals surface area contributed by atoms with E-state index in [1.54, 1.807) is 36.0 Å². The van der Waals surface area contributed by atoms with Crippen LogP contribution in [0.25, 0.3) is 0 Å². The van der Waals surface area contributed by atoms with Crippen molar-refractivity contribution < 1.29 is 13.2 Å². The van der Waals surface area contributed by atoms with Crippen LogP contribution in [0.3, 0.4) is 0 Å². The highest BCUT2D eigenvalue weighted by atomic mass is 32.2. The van der Waals surface area contributed by atoms with E-state index in [1.165, 1.54) is 7.05 Å². The third-order valence-corrected chi connectivity index (χ3v) is 6.27. The maximum atomic E-state index is 12.5. The lowest BCUT2D eigenvalue weighted by atomic mass is 10.1. The summed E-state index contributed by atoms with van der Waals surface area (Å²) in [7, 11) is -2.28. The van der Waals surface area contributed by atoms with Crippen molar-refractivity contribution in [2.75, 3.05) is 19.8 Å². The van der Waals surface area contributed by atoms with Crippen LogP contribution in [0.5, 0.6) is 0 Å². The normalized spacial score (nSPS) is 11.5. The first-order valence-electron chi connectivity index (χ1n) is 7.75. The topological polar surface area (TPSA) is 66.5 Å². The number of rotatable bonds is 7. The van der Waals surface area contributed by atoms with Crippen LogP contribution in [0.15, 0.2) is 58.3 Å². The van der Waals surface area contributed by atoms with Gasteiger partial charge in [-0.1, -0.05) is 29.8 Å². The molecule has 0 saturated heterocycles. The van der Waals surface area contributed by atoms with E-state index in [9.17, 15) is 13.2 Å². The second kappa shape index (κ2) is 8.51. The zero-order valence-electron chi connectivity index (χ0n) is 14.5. The minimum atomic E-state index is -3.69. The molecular weight excluding hydrogens is 356 g/mol. The lowest BCUT2D eigenvalue weighted by Crippen LogP contribution is -2.38. The highest BCUT2D eigenvalue weighted by molar-refractivity contribution is 7.98. The van der Waals surface area contributed by atoms with Crippen molar-refractivity contribution in [3.8, 4) is 0 Å². The van der Waals surface area contributed by atoms with E-state index < -0.39 is 10.0 Å². The van der Waals surface area contributed by atoms with Gasteiger partial charge in [-0.2, -0.15) is 4.31 Å². The molecule has 0 aromatic heterocycles. The Kier molecular flexibility index (Phi) is 6.64. The number of carbonyl (C=O) groups excluding carboxylic acids is 1. The fourth-order valence-electron chi connectivity index (χ4n) is 2.29. The molecule has 0 heterocycles. The first kappa shape index (κ1) is 19.5. The van der Waals surface area contributed by atoms with E-state index in [1.807, 2.05) is 37.4 Å². The smallest absolute Gasteiger partial charge is 0.243 e. The molecule has 0 atom stereocenters. The summed E-state index contributed by atoms with van der Waals surface area (Å²) in [6, 6.07) is 14.4. The quantitative estimate of drug-likeness (QED) is 0.752. The average Bonchev–Trinajstić information content (AvgIpc) is 2.60. The van der Waals surface area contributed by atoms with Gasteiger partial charge in [0, 0.05) is 18.5 Å². The van der Waals surface area contributed by atoms with Crippen molar-refractivity contribution in [1.82, 2.24) is 9.62 Å². The Hall–Kier alpha value is -1.83. The number of nitrogens with one attached hydrogen (secondary N) is 1. The number of thioether (sulfide) groups is 1. The fourth-order valence-corrected chi connectivity index (χ4v) is 3.83. The predicted molar refractivity (Wildman–Crippen MR) is 101 cm³/mol. The number of carbonyl (C=O) groups is 1. The summed E-state index contributed by atoms with van der Waals surface area (Å²) >= 11 is 1.54. The summed E-state index contributed by atoms with van der Waals surface area (Å²) in [5.41, 5.74) is 2.09. The molecule has 1 amide bonds. The number of aryl methyl sites for hydroxylation is 1. The van der Waals surface area contributed by atoms with Crippen LogP contribution in [0.1, 0.15) is 11.1 Å². The monoisotopic (exact) mass is 378 g/mol. The molecule has 0 radical (unpaired) electrons. The molecule has 5 nitrogen and oxygen atoms in total. The third kappa shape index (κ3) is 5.32. The molecule has 134 valence electrons. The van der Waals surface area contributed by atoms with E-state index in [4.69, 9.17) is 0 Å². The van der Waals surface area contributed by atoms with E-state index in [0.29, 0.717) is 6.54 Å². The average molecular weight is 379 g/mol. The van der Waals surface area contributed by atoms with Gasteiger partial charge in [-0.25, -0.2) is 8.42 Å². The standard InChI is InChI=1S/C18H22N2O3S2/c1-14-5-4-6-15(11-14)12-19-18(21)13-20(2)25(22,23)17-9-7-16(24-3)8-10-17/h4-11H,12-13H2,1-3H3,(H,19,21). The molecule has 0 fully saturated rings. The molecule has 1 N–H and O–H groups in total. The molecule has 0 bridgehead atoms. The number of benzene rings is 2. The van der Waals surface area contributed by atoms with Crippen LogP contribution in [-0.2, 0) is 21.4 Å². The van der Waals surface area contributed by atoms with E-state index in [2.05, 4.69) is 5.32 Å². The SMILES string of the molecule is CSc1ccc(S(=O)(=O)N(C)CC(=O)NCc2cccc(C)c2)cc1. The third-order valence-electron chi connectivity index (χ3n) is 3.71. The largest absolute Gasteiger partial charge is 0.351 e. The highest BCUT2D eigenvalue weighted by Crippen LogP contribution is 2.19. The Balaban J connectivity index is 1.97. The van der Waals surface area contributed by atoms with Gasteiger partial charge in [-0.3, -0.25) is 4.79 Å². The molecule has 25 heavy (non-hydrogen) atoms. The lowest BCUT2D eigenvalue weighted by Gasteiger charge is -2.17. The van der Waals surface area contributed by atoms with Gasteiger partial charge in [0.25, 0.3) is 0 Å². The van der Waals surface area contributed by atoms with E-state index >= 15 is 0 Å². The summed E-state index contributed by atoms with van der Waals surface area (Å²) in [5.74, 6) is -0.340. The Bertz CT molecular complexity index is 834. The number of hydrogen-bond acceptors (Lipinski definition) is 4. The molecule has 0 aliphatic rings. The Morgan fingerprint density at radius 3 is 2.44 bits per heavy atom. The molecule has 0 spiro atoms. The molecule has 2 aromatic rings. The molecule has 7 heteroatoms. The number of amides is 1. The van der Waals surface area contributed by atoms with Gasteiger partial charge in [0.05, 0.1) is 11.4 Å². The van der Waals surface area contributed by atoms with Gasteiger partial charge in [0.1, 0.15) is 0 Å². The van der Waals surface area contributed by atoms with Crippen LogP contribution < -0.4 is 5.32 Å². The molecule has 0 aliphatic carbocycles. The van der Waals surface area contributed by atoms with Crippen LogP contribution in [0, 0.1) is 6.92 Å². The van der Waals surface area contributed by atoms with Crippen LogP contribution in [0.2, 0.25) is 0 Å². The molecule has 0 unspecified atom stereocenters. The van der Waals surface area contributed by atoms with Gasteiger partial charge >= 0.3 is 0 Å². The Morgan fingerprint density at radius 1 is 1.16 bits per heavy atom. The van der Waals surface area contributed by atoms with Crippen LogP contribution in [0.4, 0.5) is 0 Å². The first-order chi connectivity index (χ1) is 11.8. The summed E-state index contributed by atoms with van der Waals surface area (Å²) < 4.78 is 26.1. The van der Waals surface area contributed by atoms with E-state index in [-0.39, 0.29) is 17.3 Å². The van der Waals surface area contributed by atoms with Gasteiger partial charge in [0.2, 0.25) is 15.9 Å². The van der Waals surface area contributed by atoms with Crippen LogP contribution >= 0.6 is 11.8 Å². The van der Waals surface area contributed by atoms with Gasteiger partial charge in [0.15, 0.2) is 0 Å². The van der Waals surface area contributed by atoms with Crippen molar-refractivity contribution in [3.63, 3.8) is 0 Å². The zero-order valence-corrected chi connectivity index (χ0v) is 16.2. The van der Waals surface area contributed by atoms with Gasteiger partial charge in [-0.05, 0) is 43.0 Å². The minimum absolute atomic E-state index is 0.180. The Labute approximate surface area is 153 Å². The predicted octanol–water partition coefficient (Wildman–Crippen LogP) is 2.65. The van der Waals surface area contributed by atoms with Crippen molar-refractivity contribution >= 4 is 27.7 Å². The van der Waals surface area contributed by atoms with Crippen molar-refractivity contribution in [1.29, 1.82) is 0 Å². The molecular formula is C18H22N2O3S2. The van der Waals surface area contributed by atoms with Crippen molar-refractivity contribution in [3.05, 3.63) is 59.7 Å². The number of likely N-dealkylation sites (N-methyl/N-ethyl adjacent to an activating group) is 1. The number of sulfonamides is 1. The first-order valence-corrected chi connectivity index (χ1v) is 10.4. The second-order valence-electron chi connectivity index (χ2n) is 5.70. The van der Waals surface area contributed by atoms with Crippen molar-refractivity contribution in [2.24, 2.45) is 0 Å². The van der Waals surface area contributed by atoms with Gasteiger partial charge in [-0.15, -0.1) is 11.8 Å². The van der Waals surface area contributed by atoms with Crippen LogP contribution in [-0.4, -0.2) is 38.5 Å². The summed E-state index contributed by atoms with van der Waals surface area (Å²) in [5, 5.41) is 2.75. The fraction of sp³-hybridized carbons (Fsp3) is 0.278. The minimum Gasteiger partial charge on any atom is -0.351 e. The molecule has 2 aromatic carbocycles. The van der Waals surface area contributed by atoms with E-state index in [0.717, 1.165) is 20.3 Å². The van der Waals surface area contributed by atoms with Gasteiger partial charge < -0.3 is 5.32 Å². The number of hydrogen-bond donors (Lipinski definition) is 1. The van der Waals surface area contributed by atoms with Crippen molar-refractivity contribution in [2.45, 2.75) is 23.3 Å². The zero-order chi connectivity index (χ0) is 18.4.